The van der Waals surface area contributed by atoms with E-state index in [1.54, 1.807) is 30.0 Å². The molecule has 6 heteroatoms. The molecule has 1 aliphatic carbocycles. The third-order valence-corrected chi connectivity index (χ3v) is 4.43. The van der Waals surface area contributed by atoms with Gasteiger partial charge >= 0.3 is 5.97 Å². The molecule has 6 nitrogen and oxygen atoms in total. The largest absolute Gasteiger partial charge is 0.497 e. The number of esters is 1. The number of methoxy groups -OCH3 is 2. The van der Waals surface area contributed by atoms with Gasteiger partial charge in [-0.25, -0.2) is 0 Å². The van der Waals surface area contributed by atoms with Crippen molar-refractivity contribution in [3.8, 4) is 11.5 Å². The average molecular weight is 331 g/mol. The van der Waals surface area contributed by atoms with Crippen molar-refractivity contribution in [3.63, 3.8) is 0 Å². The van der Waals surface area contributed by atoms with Crippen LogP contribution in [0.1, 0.15) is 36.0 Å². The zero-order chi connectivity index (χ0) is 17.1. The van der Waals surface area contributed by atoms with E-state index in [0.717, 1.165) is 32.0 Å². The van der Waals surface area contributed by atoms with Gasteiger partial charge in [0.25, 0.3) is 0 Å². The molecular weight excluding hydrogens is 310 g/mol. The third-order valence-electron chi connectivity index (χ3n) is 4.43. The summed E-state index contributed by atoms with van der Waals surface area (Å²) < 4.78 is 17.9. The number of aromatic nitrogens is 1. The lowest BCUT2D eigenvalue weighted by Gasteiger charge is -2.13. The Balaban J connectivity index is 1.94. The zero-order valence-electron chi connectivity index (χ0n) is 13.9. The van der Waals surface area contributed by atoms with E-state index in [4.69, 9.17) is 14.2 Å². The van der Waals surface area contributed by atoms with Gasteiger partial charge in [-0.15, -0.1) is 0 Å². The van der Waals surface area contributed by atoms with E-state index in [2.05, 4.69) is 0 Å². The number of benzene rings is 1. The Morgan fingerprint density at radius 1 is 1.25 bits per heavy atom. The van der Waals surface area contributed by atoms with E-state index in [0.29, 0.717) is 28.0 Å². The Morgan fingerprint density at radius 2 is 2.00 bits per heavy atom. The molecule has 128 valence electrons. The normalized spacial score (nSPS) is 14.8. The molecule has 0 unspecified atom stereocenters. The molecule has 0 amide bonds. The number of nitrogens with zero attached hydrogens (tertiary/aromatic N) is 1. The third kappa shape index (κ3) is 3.09. The SMILES string of the molecule is COc1cc(OC)c2c(C=O)cn(CC(=O)OC3CCCC3)c2c1. The van der Waals surface area contributed by atoms with Crippen LogP contribution in [0.25, 0.3) is 10.9 Å². The average Bonchev–Trinajstić information content (AvgIpc) is 3.22. The molecule has 0 aliphatic heterocycles. The maximum Gasteiger partial charge on any atom is 0.326 e. The molecule has 0 bridgehead atoms. The van der Waals surface area contributed by atoms with Crippen molar-refractivity contribution in [1.29, 1.82) is 0 Å². The minimum Gasteiger partial charge on any atom is -0.497 e. The predicted octanol–water partition coefficient (Wildman–Crippen LogP) is 2.96. The fourth-order valence-corrected chi connectivity index (χ4v) is 3.26. The van der Waals surface area contributed by atoms with Crippen molar-refractivity contribution >= 4 is 23.2 Å². The van der Waals surface area contributed by atoms with Gasteiger partial charge in [0.05, 0.1) is 25.1 Å². The van der Waals surface area contributed by atoms with Crippen LogP contribution in [0.5, 0.6) is 11.5 Å². The summed E-state index contributed by atoms with van der Waals surface area (Å²) in [6.45, 7) is 0.0527. The second kappa shape index (κ2) is 6.95. The van der Waals surface area contributed by atoms with Crippen molar-refractivity contribution in [2.45, 2.75) is 38.3 Å². The molecular formula is C18H21NO5. The zero-order valence-corrected chi connectivity index (χ0v) is 13.9. The minimum atomic E-state index is -0.293. The summed E-state index contributed by atoms with van der Waals surface area (Å²) in [6.07, 6.45) is 6.50. The Kier molecular flexibility index (Phi) is 4.74. The van der Waals surface area contributed by atoms with Crippen LogP contribution in [0, 0.1) is 0 Å². The van der Waals surface area contributed by atoms with E-state index in [1.165, 1.54) is 7.11 Å². The number of fused-ring (bicyclic) bond motifs is 1. The van der Waals surface area contributed by atoms with Crippen molar-refractivity contribution in [1.82, 2.24) is 4.57 Å². The van der Waals surface area contributed by atoms with Gasteiger partial charge in [-0.3, -0.25) is 9.59 Å². The summed E-state index contributed by atoms with van der Waals surface area (Å²) in [6, 6.07) is 3.50. The minimum absolute atomic E-state index is 0.0222. The van der Waals surface area contributed by atoms with Crippen LogP contribution >= 0.6 is 0 Å². The predicted molar refractivity (Wildman–Crippen MR) is 88.8 cm³/mol. The summed E-state index contributed by atoms with van der Waals surface area (Å²) in [5.74, 6) is 0.840. The molecule has 1 heterocycles. The van der Waals surface area contributed by atoms with Crippen LogP contribution < -0.4 is 9.47 Å². The summed E-state index contributed by atoms with van der Waals surface area (Å²) in [7, 11) is 3.09. The first-order valence-electron chi connectivity index (χ1n) is 8.05. The molecule has 1 aromatic heterocycles. The number of hydrogen-bond donors (Lipinski definition) is 0. The van der Waals surface area contributed by atoms with Gasteiger partial charge in [0, 0.05) is 23.9 Å². The summed E-state index contributed by atoms with van der Waals surface area (Å²) >= 11 is 0. The van der Waals surface area contributed by atoms with Crippen LogP contribution in [0.4, 0.5) is 0 Å². The number of aldehydes is 1. The summed E-state index contributed by atoms with van der Waals surface area (Å²) in [5, 5.41) is 0.668. The summed E-state index contributed by atoms with van der Waals surface area (Å²) in [4.78, 5) is 23.6. The molecule has 0 N–H and O–H groups in total. The lowest BCUT2D eigenvalue weighted by atomic mass is 10.1. The second-order valence-corrected chi connectivity index (χ2v) is 5.95. The van der Waals surface area contributed by atoms with Crippen molar-refractivity contribution in [2.24, 2.45) is 0 Å². The van der Waals surface area contributed by atoms with Gasteiger partial charge < -0.3 is 18.8 Å². The van der Waals surface area contributed by atoms with E-state index in [1.807, 2.05) is 0 Å². The highest BCUT2D eigenvalue weighted by atomic mass is 16.5. The molecule has 1 aromatic carbocycles. The molecule has 0 spiro atoms. The van der Waals surface area contributed by atoms with E-state index >= 15 is 0 Å². The van der Waals surface area contributed by atoms with Crippen LogP contribution in [0.2, 0.25) is 0 Å². The van der Waals surface area contributed by atoms with Gasteiger partial charge in [0.15, 0.2) is 6.29 Å². The van der Waals surface area contributed by atoms with Crippen molar-refractivity contribution < 1.29 is 23.8 Å². The van der Waals surface area contributed by atoms with Gasteiger partial charge in [0.1, 0.15) is 24.1 Å². The number of rotatable bonds is 6. The lowest BCUT2D eigenvalue weighted by molar-refractivity contribution is -0.149. The van der Waals surface area contributed by atoms with Gasteiger partial charge in [-0.2, -0.15) is 0 Å². The molecule has 1 saturated carbocycles. The van der Waals surface area contributed by atoms with Crippen LogP contribution in [-0.2, 0) is 16.1 Å². The fraction of sp³-hybridized carbons (Fsp3) is 0.444. The highest BCUT2D eigenvalue weighted by Gasteiger charge is 2.21. The number of carbonyl (C=O) groups excluding carboxylic acids is 2. The Morgan fingerprint density at radius 3 is 2.62 bits per heavy atom. The van der Waals surface area contributed by atoms with Gasteiger partial charge in [-0.05, 0) is 25.7 Å². The van der Waals surface area contributed by atoms with Crippen LogP contribution in [0.15, 0.2) is 18.3 Å². The van der Waals surface area contributed by atoms with Crippen LogP contribution in [-0.4, -0.2) is 37.1 Å². The molecule has 24 heavy (non-hydrogen) atoms. The Labute approximate surface area is 140 Å². The molecule has 1 aliphatic rings. The monoisotopic (exact) mass is 331 g/mol. The quantitative estimate of drug-likeness (QED) is 0.601. The number of carbonyl (C=O) groups is 2. The maximum atomic E-state index is 12.2. The molecule has 0 saturated heterocycles. The van der Waals surface area contributed by atoms with E-state index in [-0.39, 0.29) is 18.6 Å². The highest BCUT2D eigenvalue weighted by molar-refractivity contribution is 6.02. The maximum absolute atomic E-state index is 12.2. The van der Waals surface area contributed by atoms with Crippen molar-refractivity contribution in [2.75, 3.05) is 14.2 Å². The first-order chi connectivity index (χ1) is 11.7. The Bertz CT molecular complexity index is 758. The van der Waals surface area contributed by atoms with Gasteiger partial charge in [-0.1, -0.05) is 0 Å². The smallest absolute Gasteiger partial charge is 0.326 e. The molecule has 1 fully saturated rings. The topological polar surface area (TPSA) is 66.8 Å². The number of ether oxygens (including phenoxy) is 3. The molecule has 0 radical (unpaired) electrons. The Hall–Kier alpha value is -2.50. The lowest BCUT2D eigenvalue weighted by Crippen LogP contribution is -2.19. The molecule has 3 rings (SSSR count). The van der Waals surface area contributed by atoms with Crippen LogP contribution in [0.3, 0.4) is 0 Å². The molecule has 2 aromatic rings. The number of hydrogen-bond acceptors (Lipinski definition) is 5. The van der Waals surface area contributed by atoms with E-state index in [9.17, 15) is 9.59 Å². The first-order valence-corrected chi connectivity index (χ1v) is 8.05. The van der Waals surface area contributed by atoms with Gasteiger partial charge in [0.2, 0.25) is 0 Å². The standard InChI is InChI=1S/C18H21NO5/c1-22-14-7-15-18(16(8-14)23-2)12(11-20)9-19(15)10-17(21)24-13-5-3-4-6-13/h7-9,11,13H,3-6,10H2,1-2H3. The van der Waals surface area contributed by atoms with Crippen molar-refractivity contribution in [3.05, 3.63) is 23.9 Å². The first kappa shape index (κ1) is 16.4. The highest BCUT2D eigenvalue weighted by Crippen LogP contribution is 2.34. The fourth-order valence-electron chi connectivity index (χ4n) is 3.26. The second-order valence-electron chi connectivity index (χ2n) is 5.95. The molecule has 0 atom stereocenters. The van der Waals surface area contributed by atoms with E-state index < -0.39 is 0 Å². The summed E-state index contributed by atoms with van der Waals surface area (Å²) in [5.41, 5.74) is 1.18.